The van der Waals surface area contributed by atoms with E-state index in [1.54, 1.807) is 0 Å². The number of alkyl halides is 1. The molecular formula is C21H45Cl2NO. The van der Waals surface area contributed by atoms with Crippen molar-refractivity contribution in [3.8, 4) is 0 Å². The van der Waals surface area contributed by atoms with Gasteiger partial charge in [-0.3, -0.25) is 0 Å². The molecule has 0 aliphatic rings. The average molecular weight is 399 g/mol. The maximum Gasteiger partial charge on any atom is 0.105 e. The van der Waals surface area contributed by atoms with Gasteiger partial charge in [-0.1, -0.05) is 65.7 Å². The van der Waals surface area contributed by atoms with Crippen molar-refractivity contribution in [3.63, 3.8) is 0 Å². The number of aliphatic hydroxyl groups is 1. The van der Waals surface area contributed by atoms with Crippen LogP contribution in [0, 0.1) is 0 Å². The van der Waals surface area contributed by atoms with Crippen molar-refractivity contribution in [1.82, 2.24) is 0 Å². The van der Waals surface area contributed by atoms with Crippen LogP contribution in [-0.4, -0.2) is 47.2 Å². The summed E-state index contributed by atoms with van der Waals surface area (Å²) in [4.78, 5) is 0. The van der Waals surface area contributed by atoms with Gasteiger partial charge in [0, 0.05) is 11.8 Å². The van der Waals surface area contributed by atoms with Crippen molar-refractivity contribution >= 4 is 11.6 Å². The highest BCUT2D eigenvalue weighted by atomic mass is 35.5. The smallest absolute Gasteiger partial charge is 0.105 e. The van der Waals surface area contributed by atoms with E-state index in [4.69, 9.17) is 11.6 Å². The van der Waals surface area contributed by atoms with E-state index in [-0.39, 0.29) is 18.5 Å². The van der Waals surface area contributed by atoms with E-state index in [2.05, 4.69) is 20.8 Å². The molecule has 25 heavy (non-hydrogen) atoms. The van der Waals surface area contributed by atoms with E-state index >= 15 is 0 Å². The van der Waals surface area contributed by atoms with Crippen LogP contribution < -0.4 is 12.4 Å². The van der Waals surface area contributed by atoms with E-state index in [0.717, 1.165) is 30.4 Å². The number of halogens is 2. The summed E-state index contributed by atoms with van der Waals surface area (Å²) in [5.41, 5.74) is 0. The predicted molar refractivity (Wildman–Crippen MR) is 109 cm³/mol. The van der Waals surface area contributed by atoms with Gasteiger partial charge in [0.05, 0.1) is 19.6 Å². The second-order valence-corrected chi connectivity index (χ2v) is 8.46. The molecular weight excluding hydrogens is 353 g/mol. The molecule has 0 aromatic carbocycles. The molecule has 0 heterocycles. The van der Waals surface area contributed by atoms with Gasteiger partial charge in [0.25, 0.3) is 0 Å². The first kappa shape index (κ1) is 27.7. The van der Waals surface area contributed by atoms with Crippen LogP contribution in [0.25, 0.3) is 0 Å². The molecule has 4 heteroatoms. The van der Waals surface area contributed by atoms with Gasteiger partial charge in [0.1, 0.15) is 12.6 Å². The number of hydrogen-bond acceptors (Lipinski definition) is 1. The van der Waals surface area contributed by atoms with Gasteiger partial charge in [-0.05, 0) is 26.2 Å². The quantitative estimate of drug-likeness (QED) is 0.227. The Morgan fingerprint density at radius 2 is 1.28 bits per heavy atom. The Morgan fingerprint density at radius 3 is 1.76 bits per heavy atom. The topological polar surface area (TPSA) is 20.2 Å². The SMILES string of the molecule is CCCCCCCCCC(Cl)CC[N+](CCC)(CCC)CC(C)O.[Cl-]. The molecule has 0 fully saturated rings. The molecule has 2 atom stereocenters. The molecule has 0 aliphatic heterocycles. The maximum atomic E-state index is 9.92. The fraction of sp³-hybridized carbons (Fsp3) is 1.00. The first-order valence-corrected chi connectivity index (χ1v) is 11.1. The third-order valence-corrected chi connectivity index (χ3v) is 5.52. The molecule has 0 amide bonds. The summed E-state index contributed by atoms with van der Waals surface area (Å²) in [7, 11) is 0. The minimum absolute atomic E-state index is 0. The molecule has 0 bridgehead atoms. The molecule has 1 N–H and O–H groups in total. The predicted octanol–water partition coefficient (Wildman–Crippen LogP) is 3.15. The molecule has 154 valence electrons. The molecule has 0 saturated heterocycles. The second kappa shape index (κ2) is 17.9. The van der Waals surface area contributed by atoms with Crippen molar-refractivity contribution in [3.05, 3.63) is 0 Å². The second-order valence-electron chi connectivity index (χ2n) is 7.84. The summed E-state index contributed by atoms with van der Waals surface area (Å²) in [6.07, 6.45) is 13.9. The molecule has 0 aliphatic carbocycles. The van der Waals surface area contributed by atoms with Crippen molar-refractivity contribution < 1.29 is 22.0 Å². The number of hydrogen-bond donors (Lipinski definition) is 1. The summed E-state index contributed by atoms with van der Waals surface area (Å²) >= 11 is 6.61. The Morgan fingerprint density at radius 1 is 0.760 bits per heavy atom. The van der Waals surface area contributed by atoms with Gasteiger partial charge >= 0.3 is 0 Å². The van der Waals surface area contributed by atoms with Crippen LogP contribution in [0.1, 0.15) is 98.3 Å². The zero-order valence-corrected chi connectivity index (χ0v) is 18.9. The van der Waals surface area contributed by atoms with Crippen LogP contribution in [0.3, 0.4) is 0 Å². The van der Waals surface area contributed by atoms with Crippen LogP contribution in [0.5, 0.6) is 0 Å². The standard InChI is InChI=1S/C21H45ClNO.ClH/c1-5-8-9-10-11-12-13-14-21(22)15-18-23(16-6-2,17-7-3)19-20(4)24;/h20-21,24H,5-19H2,1-4H3;1H/q+1;/p-1. The lowest BCUT2D eigenvalue weighted by atomic mass is 10.1. The first-order valence-electron chi connectivity index (χ1n) is 10.7. The highest BCUT2D eigenvalue weighted by molar-refractivity contribution is 6.20. The summed E-state index contributed by atoms with van der Waals surface area (Å²) in [6.45, 7) is 13.0. The Kier molecular flexibility index (Phi) is 19.8. The van der Waals surface area contributed by atoms with Crippen LogP contribution in [-0.2, 0) is 0 Å². The van der Waals surface area contributed by atoms with Gasteiger partial charge < -0.3 is 22.0 Å². The van der Waals surface area contributed by atoms with Crippen LogP contribution in [0.4, 0.5) is 0 Å². The number of quaternary nitrogens is 1. The van der Waals surface area contributed by atoms with Gasteiger partial charge in [0.15, 0.2) is 0 Å². The molecule has 0 aromatic rings. The lowest BCUT2D eigenvalue weighted by Gasteiger charge is -2.40. The first-order chi connectivity index (χ1) is 11.5. The van der Waals surface area contributed by atoms with Crippen molar-refractivity contribution in [2.75, 3.05) is 26.2 Å². The van der Waals surface area contributed by atoms with E-state index in [0.29, 0.717) is 5.38 Å². The summed E-state index contributed by atoms with van der Waals surface area (Å²) in [6, 6.07) is 0. The number of nitrogens with zero attached hydrogens (tertiary/aromatic N) is 1. The number of unbranched alkanes of at least 4 members (excludes halogenated alkanes) is 6. The summed E-state index contributed by atoms with van der Waals surface area (Å²) in [5, 5.41) is 10.2. The molecule has 0 radical (unpaired) electrons. The largest absolute Gasteiger partial charge is 1.00 e. The monoisotopic (exact) mass is 397 g/mol. The fourth-order valence-electron chi connectivity index (χ4n) is 4.00. The molecule has 0 aromatic heterocycles. The average Bonchev–Trinajstić information content (AvgIpc) is 2.52. The molecule has 0 saturated carbocycles. The Labute approximate surface area is 169 Å². The number of aliphatic hydroxyl groups excluding tert-OH is 1. The molecule has 0 spiro atoms. The zero-order valence-electron chi connectivity index (χ0n) is 17.4. The van der Waals surface area contributed by atoms with Crippen LogP contribution in [0.15, 0.2) is 0 Å². The van der Waals surface area contributed by atoms with Gasteiger partial charge in [0.2, 0.25) is 0 Å². The van der Waals surface area contributed by atoms with Crippen molar-refractivity contribution in [2.45, 2.75) is 110 Å². The number of rotatable bonds is 17. The van der Waals surface area contributed by atoms with Crippen molar-refractivity contribution in [2.24, 2.45) is 0 Å². The van der Waals surface area contributed by atoms with Gasteiger partial charge in [-0.25, -0.2) is 0 Å². The van der Waals surface area contributed by atoms with Gasteiger partial charge in [-0.15, -0.1) is 11.6 Å². The minimum atomic E-state index is -0.222. The summed E-state index contributed by atoms with van der Waals surface area (Å²) in [5.74, 6) is 0. The third kappa shape index (κ3) is 15.3. The lowest BCUT2D eigenvalue weighted by molar-refractivity contribution is -0.931. The lowest BCUT2D eigenvalue weighted by Crippen LogP contribution is -3.00. The van der Waals surface area contributed by atoms with E-state index < -0.39 is 0 Å². The minimum Gasteiger partial charge on any atom is -1.00 e. The fourth-order valence-corrected chi connectivity index (χ4v) is 4.25. The molecule has 2 unspecified atom stereocenters. The Bertz CT molecular complexity index is 269. The highest BCUT2D eigenvalue weighted by Gasteiger charge is 2.28. The van der Waals surface area contributed by atoms with E-state index in [9.17, 15) is 5.11 Å². The normalized spacial score (nSPS) is 14.2. The maximum absolute atomic E-state index is 9.92. The third-order valence-electron chi connectivity index (χ3n) is 5.09. The van der Waals surface area contributed by atoms with E-state index in [1.807, 2.05) is 6.92 Å². The van der Waals surface area contributed by atoms with Gasteiger partial charge in [-0.2, -0.15) is 0 Å². The highest BCUT2D eigenvalue weighted by Crippen LogP contribution is 2.19. The Balaban J connectivity index is 0. The van der Waals surface area contributed by atoms with Crippen molar-refractivity contribution in [1.29, 1.82) is 0 Å². The Hall–Kier alpha value is 0.500. The summed E-state index contributed by atoms with van der Waals surface area (Å²) < 4.78 is 1.05. The molecule has 2 nitrogen and oxygen atoms in total. The van der Waals surface area contributed by atoms with E-state index in [1.165, 1.54) is 70.9 Å². The molecule has 0 rings (SSSR count). The zero-order chi connectivity index (χ0) is 18.3. The van der Waals surface area contributed by atoms with Crippen LogP contribution in [0.2, 0.25) is 0 Å². The van der Waals surface area contributed by atoms with Crippen LogP contribution >= 0.6 is 11.6 Å².